The minimum Gasteiger partial charge on any atom is -0.289 e. The second kappa shape index (κ2) is 4.80. The molecule has 86 valence electrons. The Balaban J connectivity index is 2.47. The van der Waals surface area contributed by atoms with Gasteiger partial charge in [0, 0.05) is 15.6 Å². The van der Waals surface area contributed by atoms with E-state index in [2.05, 4.69) is 15.9 Å². The molecule has 17 heavy (non-hydrogen) atoms. The van der Waals surface area contributed by atoms with Crippen molar-refractivity contribution >= 4 is 21.7 Å². The first-order valence-corrected chi connectivity index (χ1v) is 5.93. The number of hydrogen-bond acceptors (Lipinski definition) is 1. The van der Waals surface area contributed by atoms with E-state index in [1.165, 1.54) is 12.1 Å². The Morgan fingerprint density at radius 3 is 2.65 bits per heavy atom. The fourth-order valence-electron chi connectivity index (χ4n) is 1.61. The van der Waals surface area contributed by atoms with Crippen molar-refractivity contribution in [3.8, 4) is 0 Å². The van der Waals surface area contributed by atoms with Crippen LogP contribution < -0.4 is 0 Å². The molecule has 0 aromatic heterocycles. The van der Waals surface area contributed by atoms with Gasteiger partial charge in [0.25, 0.3) is 0 Å². The molecule has 2 aromatic rings. The van der Waals surface area contributed by atoms with Crippen LogP contribution in [0.15, 0.2) is 46.9 Å². The fraction of sp³-hybridized carbons (Fsp3) is 0.0714. The summed E-state index contributed by atoms with van der Waals surface area (Å²) in [5, 5.41) is 0. The summed E-state index contributed by atoms with van der Waals surface area (Å²) in [4.78, 5) is 12.2. The van der Waals surface area contributed by atoms with Crippen molar-refractivity contribution in [1.29, 1.82) is 0 Å². The highest BCUT2D eigenvalue weighted by atomic mass is 79.9. The summed E-state index contributed by atoms with van der Waals surface area (Å²) in [6.45, 7) is 1.91. The molecule has 0 saturated heterocycles. The van der Waals surface area contributed by atoms with Crippen LogP contribution in [0, 0.1) is 12.7 Å². The third-order valence-electron chi connectivity index (χ3n) is 2.45. The molecule has 0 bridgehead atoms. The molecule has 0 aliphatic rings. The lowest BCUT2D eigenvalue weighted by molar-refractivity contribution is 0.103. The second-order valence-electron chi connectivity index (χ2n) is 3.82. The van der Waals surface area contributed by atoms with Crippen LogP contribution in [0.2, 0.25) is 0 Å². The Hall–Kier alpha value is -1.48. The zero-order valence-electron chi connectivity index (χ0n) is 9.21. The molecule has 0 N–H and O–H groups in total. The van der Waals surface area contributed by atoms with Crippen LogP contribution in [0.25, 0.3) is 0 Å². The Morgan fingerprint density at radius 1 is 1.18 bits per heavy atom. The molecule has 0 heterocycles. The van der Waals surface area contributed by atoms with E-state index in [0.717, 1.165) is 5.56 Å². The molecule has 0 radical (unpaired) electrons. The lowest BCUT2D eigenvalue weighted by atomic mass is 10.0. The molecule has 1 nitrogen and oxygen atoms in total. The number of rotatable bonds is 2. The molecule has 3 heteroatoms. The van der Waals surface area contributed by atoms with Crippen LogP contribution in [-0.4, -0.2) is 5.78 Å². The molecule has 0 fully saturated rings. The first kappa shape index (κ1) is 12.0. The van der Waals surface area contributed by atoms with Gasteiger partial charge in [-0.3, -0.25) is 4.79 Å². The Labute approximate surface area is 107 Å². The minimum atomic E-state index is -0.413. The van der Waals surface area contributed by atoms with Crippen LogP contribution in [0.5, 0.6) is 0 Å². The summed E-state index contributed by atoms with van der Waals surface area (Å²) >= 11 is 3.26. The largest absolute Gasteiger partial charge is 0.289 e. The molecule has 2 rings (SSSR count). The van der Waals surface area contributed by atoms with Crippen LogP contribution in [-0.2, 0) is 0 Å². The Morgan fingerprint density at radius 2 is 1.94 bits per heavy atom. The minimum absolute atomic E-state index is 0.180. The highest BCUT2D eigenvalue weighted by molar-refractivity contribution is 9.10. The zero-order valence-corrected chi connectivity index (χ0v) is 10.8. The highest BCUT2D eigenvalue weighted by Crippen LogP contribution is 2.21. The molecule has 2 aromatic carbocycles. The molecule has 0 aliphatic carbocycles. The molecule has 0 spiro atoms. The fourth-order valence-corrected chi connectivity index (χ4v) is 2.04. The summed E-state index contributed by atoms with van der Waals surface area (Å²) in [6.07, 6.45) is 0. The lowest BCUT2D eigenvalue weighted by Crippen LogP contribution is -2.03. The molecule has 0 amide bonds. The second-order valence-corrected chi connectivity index (χ2v) is 4.68. The molecular formula is C14H10BrFO. The van der Waals surface area contributed by atoms with Gasteiger partial charge in [0.2, 0.25) is 0 Å². The van der Waals surface area contributed by atoms with Gasteiger partial charge in [0.15, 0.2) is 5.78 Å². The standard InChI is InChI=1S/C14H10BrFO/c1-9-3-2-4-10(7-9)14(17)12-8-11(16)5-6-13(12)15/h2-8H,1H3. The van der Waals surface area contributed by atoms with Gasteiger partial charge in [-0.05, 0) is 31.2 Å². The van der Waals surface area contributed by atoms with Gasteiger partial charge in [-0.15, -0.1) is 0 Å². The maximum absolute atomic E-state index is 13.1. The summed E-state index contributed by atoms with van der Waals surface area (Å²) in [6, 6.07) is 11.4. The van der Waals surface area contributed by atoms with Gasteiger partial charge in [-0.25, -0.2) is 4.39 Å². The zero-order chi connectivity index (χ0) is 12.4. The summed E-state index contributed by atoms with van der Waals surface area (Å²) < 4.78 is 13.7. The molecular weight excluding hydrogens is 283 g/mol. The van der Waals surface area contributed by atoms with Crippen molar-refractivity contribution in [2.75, 3.05) is 0 Å². The van der Waals surface area contributed by atoms with Gasteiger partial charge in [0.05, 0.1) is 0 Å². The van der Waals surface area contributed by atoms with E-state index >= 15 is 0 Å². The van der Waals surface area contributed by atoms with Gasteiger partial charge in [0.1, 0.15) is 5.82 Å². The normalized spacial score (nSPS) is 10.3. The monoisotopic (exact) mass is 292 g/mol. The lowest BCUT2D eigenvalue weighted by Gasteiger charge is -2.04. The average molecular weight is 293 g/mol. The van der Waals surface area contributed by atoms with Crippen molar-refractivity contribution in [3.63, 3.8) is 0 Å². The van der Waals surface area contributed by atoms with E-state index in [9.17, 15) is 9.18 Å². The number of hydrogen-bond donors (Lipinski definition) is 0. The van der Waals surface area contributed by atoms with E-state index in [-0.39, 0.29) is 5.78 Å². The molecule has 0 aliphatic heterocycles. The number of halogens is 2. The van der Waals surface area contributed by atoms with E-state index in [1.54, 1.807) is 18.2 Å². The first-order valence-electron chi connectivity index (χ1n) is 5.14. The maximum Gasteiger partial charge on any atom is 0.194 e. The van der Waals surface area contributed by atoms with Crippen molar-refractivity contribution in [3.05, 3.63) is 69.4 Å². The van der Waals surface area contributed by atoms with Crippen LogP contribution in [0.3, 0.4) is 0 Å². The van der Waals surface area contributed by atoms with Crippen LogP contribution in [0.4, 0.5) is 4.39 Å². The Kier molecular flexibility index (Phi) is 3.38. The van der Waals surface area contributed by atoms with Crippen molar-refractivity contribution in [2.45, 2.75) is 6.92 Å². The van der Waals surface area contributed by atoms with Gasteiger partial charge in [-0.1, -0.05) is 39.7 Å². The van der Waals surface area contributed by atoms with Crippen molar-refractivity contribution < 1.29 is 9.18 Å². The van der Waals surface area contributed by atoms with E-state index < -0.39 is 5.82 Å². The third-order valence-corrected chi connectivity index (χ3v) is 3.14. The quantitative estimate of drug-likeness (QED) is 0.761. The SMILES string of the molecule is Cc1cccc(C(=O)c2cc(F)ccc2Br)c1. The predicted octanol–water partition coefficient (Wildman–Crippen LogP) is 4.13. The molecule has 0 unspecified atom stereocenters. The first-order chi connectivity index (χ1) is 8.08. The number of carbonyl (C=O) groups excluding carboxylic acids is 1. The third kappa shape index (κ3) is 2.61. The average Bonchev–Trinajstić information content (AvgIpc) is 2.31. The van der Waals surface area contributed by atoms with Crippen LogP contribution >= 0.6 is 15.9 Å². The van der Waals surface area contributed by atoms with Crippen molar-refractivity contribution in [1.82, 2.24) is 0 Å². The summed E-state index contributed by atoms with van der Waals surface area (Å²) in [5.41, 5.74) is 1.91. The number of benzene rings is 2. The Bertz CT molecular complexity index is 578. The van der Waals surface area contributed by atoms with E-state index in [4.69, 9.17) is 0 Å². The number of aryl methyl sites for hydroxylation is 1. The summed E-state index contributed by atoms with van der Waals surface area (Å²) in [5.74, 6) is -0.593. The van der Waals surface area contributed by atoms with Crippen LogP contribution in [0.1, 0.15) is 21.5 Å². The number of carbonyl (C=O) groups is 1. The van der Waals surface area contributed by atoms with Gasteiger partial charge in [-0.2, -0.15) is 0 Å². The topological polar surface area (TPSA) is 17.1 Å². The number of ketones is 1. The van der Waals surface area contributed by atoms with E-state index in [1.807, 2.05) is 19.1 Å². The predicted molar refractivity (Wildman–Crippen MR) is 68.7 cm³/mol. The van der Waals surface area contributed by atoms with Gasteiger partial charge >= 0.3 is 0 Å². The van der Waals surface area contributed by atoms with Gasteiger partial charge < -0.3 is 0 Å². The smallest absolute Gasteiger partial charge is 0.194 e. The van der Waals surface area contributed by atoms with Crippen molar-refractivity contribution in [2.24, 2.45) is 0 Å². The molecule has 0 saturated carbocycles. The summed E-state index contributed by atoms with van der Waals surface area (Å²) in [7, 11) is 0. The van der Waals surface area contributed by atoms with E-state index in [0.29, 0.717) is 15.6 Å². The maximum atomic E-state index is 13.1. The highest BCUT2D eigenvalue weighted by Gasteiger charge is 2.13. The molecule has 0 atom stereocenters.